The summed E-state index contributed by atoms with van der Waals surface area (Å²) in [4.78, 5) is 15.5. The summed E-state index contributed by atoms with van der Waals surface area (Å²) in [6.45, 7) is 7.88. The van der Waals surface area contributed by atoms with Crippen molar-refractivity contribution in [1.82, 2.24) is 10.3 Å². The maximum absolute atomic E-state index is 10.4. The van der Waals surface area contributed by atoms with Crippen LogP contribution in [0.2, 0.25) is 0 Å². The van der Waals surface area contributed by atoms with Gasteiger partial charge >= 0.3 is 0 Å². The number of hydrogen-bond donors (Lipinski definition) is 2. The number of carbonyl (C=O) groups excluding carboxylic acids is 1. The largest absolute Gasteiger partial charge is 0.396 e. The third-order valence-corrected chi connectivity index (χ3v) is 2.37. The molecular weight excluding hydrogens is 232 g/mol. The number of hydrogen-bond acceptors (Lipinski definition) is 5. The van der Waals surface area contributed by atoms with Gasteiger partial charge in [0.15, 0.2) is 0 Å². The Labute approximate surface area is 108 Å². The van der Waals surface area contributed by atoms with Gasteiger partial charge < -0.3 is 10.2 Å². The molecule has 0 rings (SSSR count). The highest BCUT2D eigenvalue weighted by molar-refractivity contribution is 5.99. The van der Waals surface area contributed by atoms with Crippen LogP contribution in [0.1, 0.15) is 20.3 Å². The molecule has 1 atom stereocenters. The lowest BCUT2D eigenvalue weighted by atomic mass is 10.2. The van der Waals surface area contributed by atoms with Crippen LogP contribution in [0.4, 0.5) is 0 Å². The highest BCUT2D eigenvalue weighted by Gasteiger charge is 2.07. The molecule has 3 N–H and O–H groups in total. The van der Waals surface area contributed by atoms with Crippen molar-refractivity contribution in [2.24, 2.45) is 11.0 Å². The molecule has 6 heteroatoms. The van der Waals surface area contributed by atoms with Crippen molar-refractivity contribution in [3.05, 3.63) is 24.4 Å². The van der Waals surface area contributed by atoms with E-state index in [-0.39, 0.29) is 6.04 Å². The summed E-state index contributed by atoms with van der Waals surface area (Å²) in [5.74, 6) is 5.41. The molecule has 0 aliphatic rings. The Morgan fingerprint density at radius 1 is 1.67 bits per heavy atom. The van der Waals surface area contributed by atoms with E-state index < -0.39 is 0 Å². The summed E-state index contributed by atoms with van der Waals surface area (Å²) in [5, 5.41) is 7.90. The zero-order chi connectivity index (χ0) is 14.0. The third kappa shape index (κ3) is 6.70. The average Bonchev–Trinajstić information content (AvgIpc) is 2.39. The molecule has 0 spiro atoms. The topological polar surface area (TPSA) is 80.0 Å². The number of rotatable bonds is 9. The van der Waals surface area contributed by atoms with Crippen LogP contribution in [-0.4, -0.2) is 36.8 Å². The molecule has 102 valence electrons. The Kier molecular flexibility index (Phi) is 8.30. The Balaban J connectivity index is 3.98. The number of nitrogens with two attached hydrogens (primary N) is 1. The first-order valence-electron chi connectivity index (χ1n) is 5.70. The van der Waals surface area contributed by atoms with Gasteiger partial charge in [-0.05, 0) is 31.7 Å². The minimum atomic E-state index is -0.0783. The summed E-state index contributed by atoms with van der Waals surface area (Å²) in [6, 6.07) is -0.0783. The molecule has 1 amide bonds. The van der Waals surface area contributed by atoms with Gasteiger partial charge in [-0.15, -0.1) is 0 Å². The molecule has 0 saturated carbocycles. The number of hydrazine groups is 1. The van der Waals surface area contributed by atoms with Crippen LogP contribution in [0, 0.1) is 0 Å². The van der Waals surface area contributed by atoms with Crippen LogP contribution in [0.15, 0.2) is 29.6 Å². The van der Waals surface area contributed by atoms with Crippen molar-refractivity contribution < 1.29 is 9.63 Å². The molecule has 0 aromatic heterocycles. The van der Waals surface area contributed by atoms with Gasteiger partial charge in [-0.1, -0.05) is 11.7 Å². The van der Waals surface area contributed by atoms with Crippen LogP contribution in [0.3, 0.4) is 0 Å². The van der Waals surface area contributed by atoms with Crippen LogP contribution < -0.4 is 11.2 Å². The van der Waals surface area contributed by atoms with Gasteiger partial charge in [-0.25, -0.2) is 5.84 Å². The lowest BCUT2D eigenvalue weighted by Crippen LogP contribution is -2.38. The minimum Gasteiger partial charge on any atom is -0.396 e. The molecule has 0 radical (unpaired) electrons. The Hall–Kier alpha value is -1.82. The van der Waals surface area contributed by atoms with E-state index in [0.29, 0.717) is 25.1 Å². The predicted octanol–water partition coefficient (Wildman–Crippen LogP) is 0.779. The number of allylic oxidation sites excluding steroid dienone is 2. The van der Waals surface area contributed by atoms with Crippen molar-refractivity contribution in [1.29, 1.82) is 0 Å². The van der Waals surface area contributed by atoms with Crippen LogP contribution in [0.25, 0.3) is 0 Å². The smallest absolute Gasteiger partial charge is 0.223 e. The van der Waals surface area contributed by atoms with Gasteiger partial charge in [0.05, 0.1) is 5.71 Å². The molecule has 0 aromatic carbocycles. The highest BCUT2D eigenvalue weighted by atomic mass is 16.6. The average molecular weight is 254 g/mol. The molecule has 0 aliphatic heterocycles. The van der Waals surface area contributed by atoms with Gasteiger partial charge in [-0.3, -0.25) is 9.80 Å². The fourth-order valence-electron chi connectivity index (χ4n) is 0.982. The van der Waals surface area contributed by atoms with Crippen molar-refractivity contribution >= 4 is 12.1 Å². The fourth-order valence-corrected chi connectivity index (χ4v) is 0.982. The van der Waals surface area contributed by atoms with E-state index in [1.807, 2.05) is 13.8 Å². The molecular formula is C12H22N4O2. The van der Waals surface area contributed by atoms with E-state index in [2.05, 4.69) is 17.1 Å². The second-order valence-corrected chi connectivity index (χ2v) is 3.85. The second-order valence-electron chi connectivity index (χ2n) is 3.85. The SMILES string of the molecule is C=C(/C=C\NC)C(C)=NOCCC(C)N(N)C=O. The van der Waals surface area contributed by atoms with E-state index in [1.165, 1.54) is 0 Å². The predicted molar refractivity (Wildman–Crippen MR) is 72.6 cm³/mol. The first-order chi connectivity index (χ1) is 8.52. The quantitative estimate of drug-likeness (QED) is 0.121. The molecule has 0 aliphatic carbocycles. The summed E-state index contributed by atoms with van der Waals surface area (Å²) in [6.07, 6.45) is 4.77. The third-order valence-electron chi connectivity index (χ3n) is 2.37. The van der Waals surface area contributed by atoms with E-state index in [1.54, 1.807) is 19.3 Å². The zero-order valence-electron chi connectivity index (χ0n) is 11.2. The highest BCUT2D eigenvalue weighted by Crippen LogP contribution is 2.00. The van der Waals surface area contributed by atoms with E-state index in [4.69, 9.17) is 10.7 Å². The summed E-state index contributed by atoms with van der Waals surface area (Å²) in [7, 11) is 1.81. The van der Waals surface area contributed by atoms with Crippen LogP contribution in [0.5, 0.6) is 0 Å². The Morgan fingerprint density at radius 3 is 2.89 bits per heavy atom. The number of carbonyl (C=O) groups is 1. The first kappa shape index (κ1) is 16.2. The fraction of sp³-hybridized carbons (Fsp3) is 0.500. The maximum atomic E-state index is 10.4. The number of nitrogens with zero attached hydrogens (tertiary/aromatic N) is 2. The minimum absolute atomic E-state index is 0.0783. The number of nitrogens with one attached hydrogen (secondary N) is 1. The summed E-state index contributed by atoms with van der Waals surface area (Å²) < 4.78 is 0. The van der Waals surface area contributed by atoms with Gasteiger partial charge in [0, 0.05) is 19.5 Å². The lowest BCUT2D eigenvalue weighted by Gasteiger charge is -2.18. The van der Waals surface area contributed by atoms with E-state index in [9.17, 15) is 4.79 Å². The first-order valence-corrected chi connectivity index (χ1v) is 5.70. The zero-order valence-corrected chi connectivity index (χ0v) is 11.2. The van der Waals surface area contributed by atoms with Gasteiger partial charge in [-0.2, -0.15) is 0 Å². The van der Waals surface area contributed by atoms with Crippen molar-refractivity contribution in [3.8, 4) is 0 Å². The lowest BCUT2D eigenvalue weighted by molar-refractivity contribution is -0.120. The molecule has 18 heavy (non-hydrogen) atoms. The normalized spacial score (nSPS) is 13.2. The molecule has 0 saturated heterocycles. The van der Waals surface area contributed by atoms with Crippen LogP contribution in [-0.2, 0) is 9.63 Å². The summed E-state index contributed by atoms with van der Waals surface area (Å²) >= 11 is 0. The van der Waals surface area contributed by atoms with Crippen LogP contribution >= 0.6 is 0 Å². The molecule has 0 aromatic rings. The van der Waals surface area contributed by atoms with Gasteiger partial charge in [0.1, 0.15) is 6.61 Å². The van der Waals surface area contributed by atoms with E-state index in [0.717, 1.165) is 10.6 Å². The van der Waals surface area contributed by atoms with Gasteiger partial charge in [0.25, 0.3) is 0 Å². The molecule has 0 bridgehead atoms. The Morgan fingerprint density at radius 2 is 2.33 bits per heavy atom. The molecule has 0 heterocycles. The second kappa shape index (κ2) is 9.23. The van der Waals surface area contributed by atoms with Crippen molar-refractivity contribution in [2.45, 2.75) is 26.3 Å². The monoisotopic (exact) mass is 254 g/mol. The van der Waals surface area contributed by atoms with Gasteiger partial charge in [0.2, 0.25) is 6.41 Å². The summed E-state index contributed by atoms with van der Waals surface area (Å²) in [5.41, 5.74) is 1.47. The molecule has 6 nitrogen and oxygen atoms in total. The molecule has 1 unspecified atom stereocenters. The van der Waals surface area contributed by atoms with Crippen molar-refractivity contribution in [3.63, 3.8) is 0 Å². The molecule has 0 fully saturated rings. The maximum Gasteiger partial charge on any atom is 0.223 e. The number of oxime groups is 1. The number of amides is 1. The Bertz CT molecular complexity index is 326. The van der Waals surface area contributed by atoms with Crippen molar-refractivity contribution in [2.75, 3.05) is 13.7 Å². The van der Waals surface area contributed by atoms with E-state index >= 15 is 0 Å². The standard InChI is InChI=1S/C12H22N4O2/c1-10(5-7-14-4)12(3)15-18-8-6-11(2)16(13)9-17/h5,7,9,11,14H,1,6,8,13H2,2-4H3/b7-5-,15-12?.